The minimum Gasteiger partial charge on any atom is -0.396 e. The number of Topliss-reactive ketones (excluding diaryl/α,β-unsaturated/α-hetero) is 1. The zero-order valence-electron chi connectivity index (χ0n) is 13.9. The second kappa shape index (κ2) is 5.47. The lowest BCUT2D eigenvalue weighted by atomic mass is 9.53. The predicted octanol–water partition coefficient (Wildman–Crippen LogP) is 4.27. The van der Waals surface area contributed by atoms with Gasteiger partial charge in [-0.15, -0.1) is 0 Å². The zero-order chi connectivity index (χ0) is 15.3. The van der Waals surface area contributed by atoms with E-state index in [0.29, 0.717) is 17.8 Å². The Morgan fingerprint density at radius 1 is 1.14 bits per heavy atom. The number of rotatable bonds is 2. The van der Waals surface area contributed by atoms with E-state index in [4.69, 9.17) is 0 Å². The first-order valence-corrected chi connectivity index (χ1v) is 9.47. The Bertz CT molecular complexity index is 506. The molecule has 0 heterocycles. The average molecular weight is 302 g/mol. The van der Waals surface area contributed by atoms with Crippen molar-refractivity contribution < 1.29 is 9.90 Å². The minimum atomic E-state index is 0.360. The fourth-order valence-corrected chi connectivity index (χ4v) is 6.79. The molecule has 2 nitrogen and oxygen atoms in total. The number of carbonyl (C=O) groups excluding carboxylic acids is 1. The van der Waals surface area contributed by atoms with Gasteiger partial charge in [-0.05, 0) is 80.5 Å². The number of ketones is 1. The third kappa shape index (κ3) is 2.13. The van der Waals surface area contributed by atoms with Crippen LogP contribution in [-0.4, -0.2) is 17.5 Å². The molecule has 0 aromatic carbocycles. The van der Waals surface area contributed by atoms with Crippen molar-refractivity contribution in [3.05, 3.63) is 11.1 Å². The third-order valence-corrected chi connectivity index (χ3v) is 7.88. The summed E-state index contributed by atoms with van der Waals surface area (Å²) in [5.41, 5.74) is 3.72. The molecule has 0 amide bonds. The molecule has 22 heavy (non-hydrogen) atoms. The Hall–Kier alpha value is -0.630. The van der Waals surface area contributed by atoms with Crippen molar-refractivity contribution in [2.45, 2.75) is 71.1 Å². The molecule has 2 heteroatoms. The van der Waals surface area contributed by atoms with Crippen LogP contribution in [-0.2, 0) is 4.79 Å². The second-order valence-electron chi connectivity index (χ2n) is 8.59. The molecule has 2 saturated carbocycles. The van der Waals surface area contributed by atoms with Crippen molar-refractivity contribution in [1.29, 1.82) is 0 Å². The normalized spacial score (nSPS) is 44.5. The Morgan fingerprint density at radius 2 is 2.00 bits per heavy atom. The number of hydrogen-bond donors (Lipinski definition) is 1. The summed E-state index contributed by atoms with van der Waals surface area (Å²) in [6.45, 7) is 2.88. The van der Waals surface area contributed by atoms with Crippen molar-refractivity contribution in [1.82, 2.24) is 0 Å². The van der Waals surface area contributed by atoms with Crippen LogP contribution in [0, 0.1) is 29.1 Å². The van der Waals surface area contributed by atoms with Gasteiger partial charge in [0.25, 0.3) is 0 Å². The van der Waals surface area contributed by atoms with E-state index in [1.807, 2.05) is 0 Å². The number of hydrogen-bond acceptors (Lipinski definition) is 2. The fourth-order valence-electron chi connectivity index (χ4n) is 6.79. The molecule has 0 aromatic rings. The largest absolute Gasteiger partial charge is 0.396 e. The quantitative estimate of drug-likeness (QED) is 0.773. The first-order valence-electron chi connectivity index (χ1n) is 9.47. The van der Waals surface area contributed by atoms with E-state index in [1.54, 1.807) is 5.57 Å². The molecule has 0 radical (unpaired) electrons. The average Bonchev–Trinajstić information content (AvgIpc) is 2.84. The number of aliphatic hydroxyl groups is 1. The Balaban J connectivity index is 1.60. The first-order chi connectivity index (χ1) is 10.6. The molecule has 0 aromatic heterocycles. The monoisotopic (exact) mass is 302 g/mol. The molecular weight excluding hydrogens is 272 g/mol. The second-order valence-corrected chi connectivity index (χ2v) is 8.59. The SMILES string of the molecule is C[C@]12CC[C@@H]3C4=C(CC[C@H]3[C@@H]1CC[C@@H]2CCO)CC(=O)CC4. The van der Waals surface area contributed by atoms with Gasteiger partial charge in [-0.1, -0.05) is 18.1 Å². The van der Waals surface area contributed by atoms with Gasteiger partial charge in [-0.3, -0.25) is 4.79 Å². The lowest BCUT2D eigenvalue weighted by Crippen LogP contribution is -2.44. The molecule has 4 aliphatic rings. The summed E-state index contributed by atoms with van der Waals surface area (Å²) in [6, 6.07) is 0. The molecule has 5 atom stereocenters. The molecule has 0 aliphatic heterocycles. The van der Waals surface area contributed by atoms with Gasteiger partial charge in [-0.25, -0.2) is 0 Å². The minimum absolute atomic E-state index is 0.360. The van der Waals surface area contributed by atoms with Crippen LogP contribution >= 0.6 is 0 Å². The Labute approximate surface area is 134 Å². The van der Waals surface area contributed by atoms with Crippen LogP contribution in [0.4, 0.5) is 0 Å². The van der Waals surface area contributed by atoms with E-state index < -0.39 is 0 Å². The highest BCUT2D eigenvalue weighted by atomic mass is 16.3. The molecule has 0 bridgehead atoms. The molecule has 0 unspecified atom stereocenters. The lowest BCUT2D eigenvalue weighted by molar-refractivity contribution is -0.119. The van der Waals surface area contributed by atoms with Gasteiger partial charge < -0.3 is 5.11 Å². The summed E-state index contributed by atoms with van der Waals surface area (Å²) in [5, 5.41) is 9.40. The maximum Gasteiger partial charge on any atom is 0.137 e. The van der Waals surface area contributed by atoms with Crippen molar-refractivity contribution in [3.63, 3.8) is 0 Å². The number of fused-ring (bicyclic) bond motifs is 4. The van der Waals surface area contributed by atoms with E-state index in [1.165, 1.54) is 44.1 Å². The van der Waals surface area contributed by atoms with Gasteiger partial charge >= 0.3 is 0 Å². The van der Waals surface area contributed by atoms with E-state index in [-0.39, 0.29) is 0 Å². The van der Waals surface area contributed by atoms with E-state index in [0.717, 1.165) is 49.4 Å². The summed E-state index contributed by atoms with van der Waals surface area (Å²) in [4.78, 5) is 11.8. The van der Waals surface area contributed by atoms with Crippen LogP contribution in [0.15, 0.2) is 11.1 Å². The molecule has 1 N–H and O–H groups in total. The van der Waals surface area contributed by atoms with E-state index in [9.17, 15) is 9.90 Å². The summed E-state index contributed by atoms with van der Waals surface area (Å²) >= 11 is 0. The molecule has 122 valence electrons. The zero-order valence-corrected chi connectivity index (χ0v) is 13.9. The van der Waals surface area contributed by atoms with Gasteiger partial charge in [0.15, 0.2) is 0 Å². The highest BCUT2D eigenvalue weighted by Crippen LogP contribution is 2.63. The van der Waals surface area contributed by atoms with Crippen LogP contribution < -0.4 is 0 Å². The molecule has 4 rings (SSSR count). The predicted molar refractivity (Wildman–Crippen MR) is 87.4 cm³/mol. The van der Waals surface area contributed by atoms with Crippen molar-refractivity contribution in [3.8, 4) is 0 Å². The summed E-state index contributed by atoms with van der Waals surface area (Å²) in [6.07, 6.45) is 11.6. The Kier molecular flexibility index (Phi) is 3.71. The van der Waals surface area contributed by atoms with Gasteiger partial charge in [-0.2, -0.15) is 0 Å². The van der Waals surface area contributed by atoms with Crippen LogP contribution in [0.2, 0.25) is 0 Å². The van der Waals surface area contributed by atoms with Gasteiger partial charge in [0.05, 0.1) is 0 Å². The van der Waals surface area contributed by atoms with Gasteiger partial charge in [0, 0.05) is 19.4 Å². The summed E-state index contributed by atoms with van der Waals surface area (Å²) in [5.74, 6) is 3.75. The number of carbonyl (C=O) groups is 1. The van der Waals surface area contributed by atoms with Gasteiger partial charge in [0.1, 0.15) is 5.78 Å². The molecular formula is C20H30O2. The molecule has 0 saturated heterocycles. The smallest absolute Gasteiger partial charge is 0.137 e. The highest BCUT2D eigenvalue weighted by Gasteiger charge is 2.54. The maximum absolute atomic E-state index is 11.8. The molecule has 0 spiro atoms. The van der Waals surface area contributed by atoms with Crippen LogP contribution in [0.1, 0.15) is 71.1 Å². The Morgan fingerprint density at radius 3 is 2.82 bits per heavy atom. The topological polar surface area (TPSA) is 37.3 Å². The fraction of sp³-hybridized carbons (Fsp3) is 0.850. The van der Waals surface area contributed by atoms with Crippen molar-refractivity contribution in [2.24, 2.45) is 29.1 Å². The molecule has 4 aliphatic carbocycles. The van der Waals surface area contributed by atoms with Crippen LogP contribution in [0.5, 0.6) is 0 Å². The van der Waals surface area contributed by atoms with Crippen LogP contribution in [0.3, 0.4) is 0 Å². The van der Waals surface area contributed by atoms with Crippen molar-refractivity contribution >= 4 is 5.78 Å². The number of allylic oxidation sites excluding steroid dienone is 2. The van der Waals surface area contributed by atoms with E-state index in [2.05, 4.69) is 6.92 Å². The molecule has 2 fully saturated rings. The first kappa shape index (κ1) is 14.9. The van der Waals surface area contributed by atoms with Gasteiger partial charge in [0.2, 0.25) is 0 Å². The summed E-state index contributed by atoms with van der Waals surface area (Å²) in [7, 11) is 0. The van der Waals surface area contributed by atoms with Crippen LogP contribution in [0.25, 0.3) is 0 Å². The standard InChI is InChI=1S/C20H30O2/c1-20-10-8-17-16-6-4-15(22)12-13(16)2-5-18(17)19(20)7-3-14(20)9-11-21/h14,17-19,21H,2-12H2,1H3/t14-,17-,18-,19+,20-/m1/s1. The van der Waals surface area contributed by atoms with E-state index >= 15 is 0 Å². The number of aliphatic hydroxyl groups excluding tert-OH is 1. The highest BCUT2D eigenvalue weighted by molar-refractivity contribution is 5.82. The lowest BCUT2D eigenvalue weighted by Gasteiger charge is -2.52. The van der Waals surface area contributed by atoms with Crippen molar-refractivity contribution in [2.75, 3.05) is 6.61 Å². The third-order valence-electron chi connectivity index (χ3n) is 7.88. The summed E-state index contributed by atoms with van der Waals surface area (Å²) < 4.78 is 0. The maximum atomic E-state index is 11.8.